The standard InChI is InChI=1S/C19H17N5O4S/c1-28-17-5-3-2-4-14(17)8-19(25)23-15-6-7-16(18(9-15)29(21,26)27)24-12-13(10-20)11-22-24/h2-7,9,11-12H,8H2,1H3,(H,23,25)(H2,21,26,27). The Hall–Kier alpha value is -3.68. The van der Waals surface area contributed by atoms with Crippen molar-refractivity contribution in [1.29, 1.82) is 5.26 Å². The lowest BCUT2D eigenvalue weighted by Crippen LogP contribution is -2.18. The van der Waals surface area contributed by atoms with Crippen molar-refractivity contribution >= 4 is 21.6 Å². The Balaban J connectivity index is 1.89. The highest BCUT2D eigenvalue weighted by atomic mass is 32.2. The third-order valence-electron chi connectivity index (χ3n) is 4.05. The lowest BCUT2D eigenvalue weighted by Gasteiger charge is -2.12. The third-order valence-corrected chi connectivity index (χ3v) is 4.99. The quantitative estimate of drug-likeness (QED) is 0.631. The summed E-state index contributed by atoms with van der Waals surface area (Å²) in [4.78, 5) is 12.2. The molecule has 3 rings (SSSR count). The van der Waals surface area contributed by atoms with Crippen molar-refractivity contribution in [3.8, 4) is 17.5 Å². The van der Waals surface area contributed by atoms with Gasteiger partial charge in [-0.2, -0.15) is 10.4 Å². The number of methoxy groups -OCH3 is 1. The summed E-state index contributed by atoms with van der Waals surface area (Å²) in [5, 5.41) is 20.9. The number of nitriles is 1. The van der Waals surface area contributed by atoms with Crippen molar-refractivity contribution in [2.45, 2.75) is 11.3 Å². The van der Waals surface area contributed by atoms with E-state index in [1.54, 1.807) is 24.3 Å². The Kier molecular flexibility index (Phi) is 5.63. The number of para-hydroxylation sites is 1. The van der Waals surface area contributed by atoms with Gasteiger partial charge in [-0.3, -0.25) is 4.79 Å². The summed E-state index contributed by atoms with van der Waals surface area (Å²) < 4.78 is 30.6. The van der Waals surface area contributed by atoms with Crippen LogP contribution >= 0.6 is 0 Å². The van der Waals surface area contributed by atoms with E-state index in [4.69, 9.17) is 15.1 Å². The van der Waals surface area contributed by atoms with Gasteiger partial charge in [0, 0.05) is 17.4 Å². The molecule has 0 atom stereocenters. The largest absolute Gasteiger partial charge is 0.496 e. The van der Waals surface area contributed by atoms with Crippen LogP contribution in [0.25, 0.3) is 5.69 Å². The topological polar surface area (TPSA) is 140 Å². The van der Waals surface area contributed by atoms with Crippen LogP contribution in [0.3, 0.4) is 0 Å². The molecular formula is C19H17N5O4S. The molecule has 148 valence electrons. The third kappa shape index (κ3) is 4.60. The highest BCUT2D eigenvalue weighted by Gasteiger charge is 2.18. The fourth-order valence-electron chi connectivity index (χ4n) is 2.75. The number of anilines is 1. The number of carbonyl (C=O) groups excluding carboxylic acids is 1. The average molecular weight is 411 g/mol. The molecule has 2 aromatic carbocycles. The number of amides is 1. The van der Waals surface area contributed by atoms with E-state index in [0.717, 1.165) is 0 Å². The van der Waals surface area contributed by atoms with Crippen LogP contribution in [-0.4, -0.2) is 31.2 Å². The molecule has 3 N–H and O–H groups in total. The van der Waals surface area contributed by atoms with E-state index in [-0.39, 0.29) is 34.2 Å². The zero-order valence-electron chi connectivity index (χ0n) is 15.4. The van der Waals surface area contributed by atoms with Gasteiger partial charge in [-0.15, -0.1) is 0 Å². The molecule has 0 aliphatic carbocycles. The van der Waals surface area contributed by atoms with Gasteiger partial charge in [0.1, 0.15) is 16.7 Å². The summed E-state index contributed by atoms with van der Waals surface area (Å²) in [7, 11) is -2.61. The summed E-state index contributed by atoms with van der Waals surface area (Å²) >= 11 is 0. The van der Waals surface area contributed by atoms with Gasteiger partial charge in [-0.05, 0) is 24.3 Å². The van der Waals surface area contributed by atoms with Gasteiger partial charge >= 0.3 is 0 Å². The normalized spacial score (nSPS) is 10.9. The zero-order chi connectivity index (χ0) is 21.0. The first-order valence-electron chi connectivity index (χ1n) is 8.35. The van der Waals surface area contributed by atoms with Crippen LogP contribution in [0.15, 0.2) is 59.8 Å². The fourth-order valence-corrected chi connectivity index (χ4v) is 3.49. The molecule has 1 aromatic heterocycles. The van der Waals surface area contributed by atoms with E-state index in [1.807, 2.05) is 6.07 Å². The molecule has 0 bridgehead atoms. The first-order chi connectivity index (χ1) is 13.8. The maximum absolute atomic E-state index is 12.4. The number of ether oxygens (including phenoxy) is 1. The molecule has 0 aliphatic rings. The number of rotatable bonds is 6. The minimum Gasteiger partial charge on any atom is -0.496 e. The van der Waals surface area contributed by atoms with Crippen LogP contribution in [-0.2, 0) is 21.2 Å². The van der Waals surface area contributed by atoms with Crippen LogP contribution in [0, 0.1) is 11.3 Å². The maximum Gasteiger partial charge on any atom is 0.240 e. The van der Waals surface area contributed by atoms with E-state index in [2.05, 4.69) is 10.4 Å². The highest BCUT2D eigenvalue weighted by Crippen LogP contribution is 2.24. The minimum atomic E-state index is -4.12. The Morgan fingerprint density at radius 3 is 2.72 bits per heavy atom. The predicted octanol–water partition coefficient (Wildman–Crippen LogP) is 1.58. The molecule has 29 heavy (non-hydrogen) atoms. The smallest absolute Gasteiger partial charge is 0.240 e. The number of carbonyl (C=O) groups is 1. The number of benzene rings is 2. The molecule has 3 aromatic rings. The van der Waals surface area contributed by atoms with Gasteiger partial charge in [0.25, 0.3) is 0 Å². The number of aromatic nitrogens is 2. The van der Waals surface area contributed by atoms with Gasteiger partial charge in [0.2, 0.25) is 15.9 Å². The summed E-state index contributed by atoms with van der Waals surface area (Å²) in [5.74, 6) is 0.226. The molecule has 0 unspecified atom stereocenters. The van der Waals surface area contributed by atoms with Gasteiger partial charge in [0.15, 0.2) is 0 Å². The van der Waals surface area contributed by atoms with E-state index in [9.17, 15) is 13.2 Å². The Morgan fingerprint density at radius 1 is 1.31 bits per heavy atom. The summed E-state index contributed by atoms with van der Waals surface area (Å²) in [6, 6.07) is 13.2. The molecule has 0 aliphatic heterocycles. The van der Waals surface area contributed by atoms with Crippen LogP contribution in [0.4, 0.5) is 5.69 Å². The molecule has 9 nitrogen and oxygen atoms in total. The van der Waals surface area contributed by atoms with Gasteiger partial charge in [-0.25, -0.2) is 18.2 Å². The lowest BCUT2D eigenvalue weighted by molar-refractivity contribution is -0.115. The van der Waals surface area contributed by atoms with Crippen molar-refractivity contribution in [1.82, 2.24) is 9.78 Å². The Labute approximate surface area is 167 Å². The van der Waals surface area contributed by atoms with Crippen LogP contribution in [0.5, 0.6) is 5.75 Å². The lowest BCUT2D eigenvalue weighted by atomic mass is 10.1. The summed E-state index contributed by atoms with van der Waals surface area (Å²) in [6.07, 6.45) is 2.72. The number of hydrogen-bond donors (Lipinski definition) is 2. The fraction of sp³-hybridized carbons (Fsp3) is 0.105. The van der Waals surface area contributed by atoms with Crippen LogP contribution < -0.4 is 15.2 Å². The average Bonchev–Trinajstić information content (AvgIpc) is 3.17. The molecular weight excluding hydrogens is 394 g/mol. The number of sulfonamides is 1. The van der Waals surface area contributed by atoms with E-state index in [0.29, 0.717) is 11.3 Å². The molecule has 0 saturated heterocycles. The second-order valence-electron chi connectivity index (χ2n) is 6.05. The predicted molar refractivity (Wildman–Crippen MR) is 105 cm³/mol. The highest BCUT2D eigenvalue weighted by molar-refractivity contribution is 7.89. The molecule has 0 spiro atoms. The molecule has 1 amide bonds. The zero-order valence-corrected chi connectivity index (χ0v) is 16.2. The molecule has 1 heterocycles. The molecule has 0 fully saturated rings. The SMILES string of the molecule is COc1ccccc1CC(=O)Nc1ccc(-n2cc(C#N)cn2)c(S(N)(=O)=O)c1. The second-order valence-corrected chi connectivity index (χ2v) is 7.58. The van der Waals surface area contributed by atoms with Crippen molar-refractivity contribution in [3.63, 3.8) is 0 Å². The minimum absolute atomic E-state index is 0.0428. The van der Waals surface area contributed by atoms with Gasteiger partial charge in [-0.1, -0.05) is 18.2 Å². The maximum atomic E-state index is 12.4. The summed E-state index contributed by atoms with van der Waals surface area (Å²) in [6.45, 7) is 0. The van der Waals surface area contributed by atoms with Gasteiger partial charge < -0.3 is 10.1 Å². The van der Waals surface area contributed by atoms with Crippen molar-refractivity contribution in [2.24, 2.45) is 5.14 Å². The second kappa shape index (κ2) is 8.14. The van der Waals surface area contributed by atoms with Gasteiger partial charge in [0.05, 0.1) is 31.0 Å². The number of nitrogens with one attached hydrogen (secondary N) is 1. The molecule has 0 saturated carbocycles. The number of nitrogens with zero attached hydrogens (tertiary/aromatic N) is 3. The Bertz CT molecular complexity index is 1210. The number of nitrogens with two attached hydrogens (primary N) is 1. The Morgan fingerprint density at radius 2 is 2.07 bits per heavy atom. The van der Waals surface area contributed by atoms with Crippen LogP contribution in [0.1, 0.15) is 11.1 Å². The van der Waals surface area contributed by atoms with Crippen LogP contribution in [0.2, 0.25) is 0 Å². The molecule has 0 radical (unpaired) electrons. The monoisotopic (exact) mass is 411 g/mol. The van der Waals surface area contributed by atoms with E-state index >= 15 is 0 Å². The van der Waals surface area contributed by atoms with Crippen molar-refractivity contribution < 1.29 is 17.9 Å². The first-order valence-corrected chi connectivity index (χ1v) is 9.90. The van der Waals surface area contributed by atoms with Crippen molar-refractivity contribution in [3.05, 3.63) is 66.0 Å². The van der Waals surface area contributed by atoms with E-state index in [1.165, 1.54) is 42.4 Å². The van der Waals surface area contributed by atoms with Crippen molar-refractivity contribution in [2.75, 3.05) is 12.4 Å². The number of primary sulfonamides is 1. The molecule has 10 heteroatoms. The number of hydrogen-bond acceptors (Lipinski definition) is 6. The summed E-state index contributed by atoms with van der Waals surface area (Å²) in [5.41, 5.74) is 1.37. The first kappa shape index (κ1) is 20.1. The van der Waals surface area contributed by atoms with E-state index < -0.39 is 10.0 Å².